The van der Waals surface area contributed by atoms with E-state index in [0.717, 1.165) is 6.42 Å². The van der Waals surface area contributed by atoms with Gasteiger partial charge in [0.25, 0.3) is 0 Å². The summed E-state index contributed by atoms with van der Waals surface area (Å²) in [5, 5.41) is 3.28. The second-order valence-corrected chi connectivity index (χ2v) is 6.13. The van der Waals surface area contributed by atoms with Gasteiger partial charge >= 0.3 is 0 Å². The lowest BCUT2D eigenvalue weighted by molar-refractivity contribution is 0.677. The molecule has 0 saturated heterocycles. The van der Waals surface area contributed by atoms with Crippen LogP contribution in [0.15, 0.2) is 0 Å². The number of aromatic nitrogens is 3. The van der Waals surface area contributed by atoms with Gasteiger partial charge in [-0.1, -0.05) is 0 Å². The first-order chi connectivity index (χ1) is 8.38. The highest BCUT2D eigenvalue weighted by atomic mass is 35.5. The standard InChI is InChI=1S/C10H18ClN5OS/c1-7(5-6-18(4)17)12-9-13-8(11)14-10(15-9)16(2)3/h7H,5-6H2,1-4H3,(H,12,13,14,15). The van der Waals surface area contributed by atoms with E-state index in [0.29, 0.717) is 17.6 Å². The maximum Gasteiger partial charge on any atom is 0.230 e. The summed E-state index contributed by atoms with van der Waals surface area (Å²) >= 11 is 5.83. The molecule has 2 unspecified atom stereocenters. The predicted molar refractivity (Wildman–Crippen MR) is 75.8 cm³/mol. The van der Waals surface area contributed by atoms with Crippen molar-refractivity contribution < 1.29 is 4.21 Å². The van der Waals surface area contributed by atoms with Gasteiger partial charge in [-0.05, 0) is 24.9 Å². The molecule has 1 N–H and O–H groups in total. The second-order valence-electron chi connectivity index (χ2n) is 4.23. The monoisotopic (exact) mass is 291 g/mol. The van der Waals surface area contributed by atoms with Gasteiger partial charge in [-0.2, -0.15) is 15.0 Å². The van der Waals surface area contributed by atoms with Crippen LogP contribution in [0, 0.1) is 0 Å². The van der Waals surface area contributed by atoms with Crippen LogP contribution in [-0.4, -0.2) is 51.3 Å². The van der Waals surface area contributed by atoms with Gasteiger partial charge in [0.15, 0.2) is 0 Å². The lowest BCUT2D eigenvalue weighted by Crippen LogP contribution is -2.21. The molecule has 1 aromatic heterocycles. The molecule has 0 saturated carbocycles. The number of hydrogen-bond acceptors (Lipinski definition) is 6. The normalized spacial score (nSPS) is 14.1. The summed E-state index contributed by atoms with van der Waals surface area (Å²) in [6.45, 7) is 1.99. The summed E-state index contributed by atoms with van der Waals surface area (Å²) in [5.74, 6) is 1.59. The van der Waals surface area contributed by atoms with Gasteiger partial charge in [0.2, 0.25) is 17.2 Å². The van der Waals surface area contributed by atoms with E-state index in [1.54, 1.807) is 11.2 Å². The molecule has 1 aromatic rings. The van der Waals surface area contributed by atoms with Gasteiger partial charge in [0.1, 0.15) is 0 Å². The fourth-order valence-electron chi connectivity index (χ4n) is 1.24. The van der Waals surface area contributed by atoms with Gasteiger partial charge in [0, 0.05) is 42.9 Å². The largest absolute Gasteiger partial charge is 0.352 e. The van der Waals surface area contributed by atoms with Gasteiger partial charge in [-0.15, -0.1) is 0 Å². The van der Waals surface area contributed by atoms with Crippen molar-refractivity contribution >= 4 is 34.3 Å². The predicted octanol–water partition coefficient (Wildman–Crippen LogP) is 1.16. The van der Waals surface area contributed by atoms with Gasteiger partial charge < -0.3 is 10.2 Å². The molecule has 0 fully saturated rings. The number of hydrogen-bond donors (Lipinski definition) is 1. The van der Waals surface area contributed by atoms with Crippen LogP contribution in [0.3, 0.4) is 0 Å². The molecule has 0 spiro atoms. The van der Waals surface area contributed by atoms with Crippen LogP contribution < -0.4 is 10.2 Å². The minimum absolute atomic E-state index is 0.127. The zero-order chi connectivity index (χ0) is 13.7. The van der Waals surface area contributed by atoms with Crippen LogP contribution in [0.2, 0.25) is 5.28 Å². The van der Waals surface area contributed by atoms with Crippen LogP contribution >= 0.6 is 11.6 Å². The van der Waals surface area contributed by atoms with E-state index in [2.05, 4.69) is 20.3 Å². The van der Waals surface area contributed by atoms with Gasteiger partial charge in [-0.25, -0.2) is 0 Å². The fraction of sp³-hybridized carbons (Fsp3) is 0.700. The topological polar surface area (TPSA) is 71.0 Å². The van der Waals surface area contributed by atoms with Crippen molar-refractivity contribution in [1.82, 2.24) is 15.0 Å². The fourth-order valence-corrected chi connectivity index (χ4v) is 2.08. The molecule has 2 atom stereocenters. The minimum Gasteiger partial charge on any atom is -0.352 e. The molecule has 0 radical (unpaired) electrons. The van der Waals surface area contributed by atoms with E-state index in [4.69, 9.17) is 11.6 Å². The van der Waals surface area contributed by atoms with Gasteiger partial charge in [-0.3, -0.25) is 4.21 Å². The van der Waals surface area contributed by atoms with Crippen molar-refractivity contribution in [2.24, 2.45) is 0 Å². The quantitative estimate of drug-likeness (QED) is 0.848. The lowest BCUT2D eigenvalue weighted by Gasteiger charge is -2.15. The molecule has 0 aliphatic heterocycles. The molecule has 0 aliphatic carbocycles. The smallest absolute Gasteiger partial charge is 0.230 e. The number of nitrogens with one attached hydrogen (secondary N) is 1. The Labute approximate surface area is 115 Å². The number of anilines is 2. The van der Waals surface area contributed by atoms with E-state index in [-0.39, 0.29) is 11.3 Å². The van der Waals surface area contributed by atoms with Crippen LogP contribution in [-0.2, 0) is 10.8 Å². The third-order valence-corrected chi connectivity index (χ3v) is 3.19. The highest BCUT2D eigenvalue weighted by Gasteiger charge is 2.09. The molecular weight excluding hydrogens is 274 g/mol. The van der Waals surface area contributed by atoms with Crippen molar-refractivity contribution in [3.05, 3.63) is 5.28 Å². The van der Waals surface area contributed by atoms with E-state index < -0.39 is 10.8 Å². The van der Waals surface area contributed by atoms with E-state index in [1.165, 1.54) is 0 Å². The molecule has 0 bridgehead atoms. The average Bonchev–Trinajstić information content (AvgIpc) is 2.25. The van der Waals surface area contributed by atoms with Crippen molar-refractivity contribution in [2.45, 2.75) is 19.4 Å². The van der Waals surface area contributed by atoms with E-state index in [9.17, 15) is 4.21 Å². The van der Waals surface area contributed by atoms with Crippen molar-refractivity contribution in [1.29, 1.82) is 0 Å². The van der Waals surface area contributed by atoms with Crippen LogP contribution in [0.25, 0.3) is 0 Å². The molecule has 0 amide bonds. The maximum atomic E-state index is 11.0. The van der Waals surface area contributed by atoms with Crippen LogP contribution in [0.5, 0.6) is 0 Å². The molecular formula is C10H18ClN5OS. The number of halogens is 1. The highest BCUT2D eigenvalue weighted by molar-refractivity contribution is 7.84. The zero-order valence-electron chi connectivity index (χ0n) is 11.0. The van der Waals surface area contributed by atoms with E-state index >= 15 is 0 Å². The first-order valence-electron chi connectivity index (χ1n) is 5.54. The molecule has 18 heavy (non-hydrogen) atoms. The summed E-state index contributed by atoms with van der Waals surface area (Å²) in [6.07, 6.45) is 2.47. The highest BCUT2D eigenvalue weighted by Crippen LogP contribution is 2.12. The Morgan fingerprint density at radius 3 is 2.61 bits per heavy atom. The summed E-state index contributed by atoms with van der Waals surface area (Å²) in [6, 6.07) is 0.127. The Morgan fingerprint density at radius 2 is 2.06 bits per heavy atom. The van der Waals surface area contributed by atoms with E-state index in [1.807, 2.05) is 21.0 Å². The third-order valence-electron chi connectivity index (χ3n) is 2.21. The SMILES string of the molecule is CC(CCS(C)=O)Nc1nc(Cl)nc(N(C)C)n1. The third kappa shape index (κ3) is 5.14. The molecule has 1 heterocycles. The summed E-state index contributed by atoms with van der Waals surface area (Å²) in [5.41, 5.74) is 0. The van der Waals surface area contributed by atoms with Gasteiger partial charge in [0.05, 0.1) is 0 Å². The molecule has 102 valence electrons. The Hall–Kier alpha value is -0.950. The Bertz CT molecular complexity index is 429. The Kier molecular flexibility index (Phi) is 5.74. The average molecular weight is 292 g/mol. The Balaban J connectivity index is 2.69. The first kappa shape index (κ1) is 15.1. The van der Waals surface area contributed by atoms with Crippen LogP contribution in [0.1, 0.15) is 13.3 Å². The molecule has 1 rings (SSSR count). The number of rotatable bonds is 6. The lowest BCUT2D eigenvalue weighted by atomic mass is 10.3. The summed E-state index contributed by atoms with van der Waals surface area (Å²) in [4.78, 5) is 14.0. The maximum absolute atomic E-state index is 11.0. The molecule has 0 aliphatic rings. The van der Waals surface area contributed by atoms with Crippen molar-refractivity contribution in [3.63, 3.8) is 0 Å². The minimum atomic E-state index is -0.788. The summed E-state index contributed by atoms with van der Waals surface area (Å²) in [7, 11) is 2.88. The van der Waals surface area contributed by atoms with Crippen LogP contribution in [0.4, 0.5) is 11.9 Å². The molecule has 8 heteroatoms. The summed E-state index contributed by atoms with van der Waals surface area (Å²) < 4.78 is 11.0. The second kappa shape index (κ2) is 6.84. The Morgan fingerprint density at radius 1 is 1.39 bits per heavy atom. The molecule has 0 aromatic carbocycles. The van der Waals surface area contributed by atoms with Crippen molar-refractivity contribution in [3.8, 4) is 0 Å². The molecule has 6 nitrogen and oxygen atoms in total. The first-order valence-corrected chi connectivity index (χ1v) is 7.64. The zero-order valence-corrected chi connectivity index (χ0v) is 12.5. The van der Waals surface area contributed by atoms with Crippen molar-refractivity contribution in [2.75, 3.05) is 36.3 Å². The number of nitrogens with zero attached hydrogens (tertiary/aromatic N) is 4.